The molecule has 0 saturated heterocycles. The molecule has 1 N–H and O–H groups in total. The van der Waals surface area contributed by atoms with Crippen LogP contribution in [0.1, 0.15) is 22.8 Å². The Morgan fingerprint density at radius 3 is 2.84 bits per heavy atom. The molecule has 5 heteroatoms. The van der Waals surface area contributed by atoms with Gasteiger partial charge in [0.2, 0.25) is 0 Å². The van der Waals surface area contributed by atoms with E-state index >= 15 is 0 Å². The molecule has 1 atom stereocenters. The normalized spacial score (nSPS) is 16.0. The van der Waals surface area contributed by atoms with E-state index < -0.39 is 6.10 Å². The van der Waals surface area contributed by atoms with Crippen LogP contribution < -0.4 is 15.0 Å². The van der Waals surface area contributed by atoms with Gasteiger partial charge in [-0.3, -0.25) is 9.59 Å². The molecule has 2 aromatic rings. The van der Waals surface area contributed by atoms with E-state index in [0.29, 0.717) is 29.2 Å². The van der Waals surface area contributed by atoms with Crippen LogP contribution in [0.15, 0.2) is 55.1 Å². The van der Waals surface area contributed by atoms with Crippen LogP contribution in [0.25, 0.3) is 0 Å². The minimum absolute atomic E-state index is 0.107. The van der Waals surface area contributed by atoms with Gasteiger partial charge >= 0.3 is 0 Å². The molecular formula is C20H20N2O3. The van der Waals surface area contributed by atoms with Crippen LogP contribution >= 0.6 is 0 Å². The Balaban J connectivity index is 1.86. The van der Waals surface area contributed by atoms with E-state index in [1.807, 2.05) is 25.1 Å². The standard InChI is InChI=1S/C20H20N2O3/c1-4-10-22-17-9-8-16(12-18(17)25-14(3)20(22)24)21-19(23)15-7-5-6-13(2)11-15/h4-9,11-12,14H,1,10H2,2-3H3,(H,21,23). The number of anilines is 2. The molecule has 0 saturated carbocycles. The fourth-order valence-corrected chi connectivity index (χ4v) is 2.80. The lowest BCUT2D eigenvalue weighted by Gasteiger charge is -2.32. The van der Waals surface area contributed by atoms with E-state index in [-0.39, 0.29) is 11.8 Å². The summed E-state index contributed by atoms with van der Waals surface area (Å²) in [7, 11) is 0. The van der Waals surface area contributed by atoms with Crippen molar-refractivity contribution in [1.82, 2.24) is 0 Å². The molecule has 0 spiro atoms. The van der Waals surface area contributed by atoms with E-state index in [4.69, 9.17) is 4.74 Å². The minimum atomic E-state index is -0.574. The van der Waals surface area contributed by atoms with E-state index in [1.165, 1.54) is 0 Å². The van der Waals surface area contributed by atoms with Gasteiger partial charge in [-0.1, -0.05) is 23.8 Å². The maximum Gasteiger partial charge on any atom is 0.268 e. The Labute approximate surface area is 146 Å². The van der Waals surface area contributed by atoms with E-state index in [9.17, 15) is 9.59 Å². The lowest BCUT2D eigenvalue weighted by molar-refractivity contribution is -0.125. The van der Waals surface area contributed by atoms with Crippen LogP contribution in [0.3, 0.4) is 0 Å². The molecule has 3 rings (SSSR count). The number of carbonyl (C=O) groups excluding carboxylic acids is 2. The SMILES string of the molecule is C=CCN1C(=O)C(C)Oc2cc(NC(=O)c3cccc(C)c3)ccc21. The quantitative estimate of drug-likeness (QED) is 0.869. The number of nitrogens with zero attached hydrogens (tertiary/aromatic N) is 1. The summed E-state index contributed by atoms with van der Waals surface area (Å²) in [6, 6.07) is 12.7. The van der Waals surface area contributed by atoms with Gasteiger partial charge in [0.05, 0.1) is 5.69 Å². The number of rotatable bonds is 4. The molecule has 0 aliphatic carbocycles. The van der Waals surface area contributed by atoms with Crippen LogP contribution in [-0.2, 0) is 4.79 Å². The molecule has 1 unspecified atom stereocenters. The molecule has 1 aliphatic heterocycles. The predicted octanol–water partition coefficient (Wildman–Crippen LogP) is 3.55. The molecule has 25 heavy (non-hydrogen) atoms. The highest BCUT2D eigenvalue weighted by atomic mass is 16.5. The van der Waals surface area contributed by atoms with Crippen LogP contribution in [-0.4, -0.2) is 24.5 Å². The summed E-state index contributed by atoms with van der Waals surface area (Å²) in [6.07, 6.45) is 1.10. The van der Waals surface area contributed by atoms with E-state index in [0.717, 1.165) is 5.56 Å². The largest absolute Gasteiger partial charge is 0.479 e. The number of amides is 2. The molecule has 1 heterocycles. The molecule has 128 valence electrons. The summed E-state index contributed by atoms with van der Waals surface area (Å²) in [6.45, 7) is 7.75. The van der Waals surface area contributed by atoms with Gasteiger partial charge in [-0.25, -0.2) is 0 Å². The summed E-state index contributed by atoms with van der Waals surface area (Å²) >= 11 is 0. The first kappa shape index (κ1) is 16.8. The lowest BCUT2D eigenvalue weighted by atomic mass is 10.1. The van der Waals surface area contributed by atoms with Gasteiger partial charge in [0.1, 0.15) is 5.75 Å². The molecule has 2 amide bonds. The van der Waals surface area contributed by atoms with Crippen LogP contribution in [0.5, 0.6) is 5.75 Å². The van der Waals surface area contributed by atoms with Crippen molar-refractivity contribution >= 4 is 23.2 Å². The van der Waals surface area contributed by atoms with Crippen molar-refractivity contribution in [3.8, 4) is 5.75 Å². The highest BCUT2D eigenvalue weighted by Crippen LogP contribution is 2.36. The third-order valence-corrected chi connectivity index (χ3v) is 4.02. The van der Waals surface area contributed by atoms with Gasteiger partial charge in [0.25, 0.3) is 11.8 Å². The number of hydrogen-bond acceptors (Lipinski definition) is 3. The highest BCUT2D eigenvalue weighted by Gasteiger charge is 2.30. The number of carbonyl (C=O) groups is 2. The van der Waals surface area contributed by atoms with Gasteiger partial charge in [0, 0.05) is 23.9 Å². The van der Waals surface area contributed by atoms with Crippen molar-refractivity contribution in [3.63, 3.8) is 0 Å². The van der Waals surface area contributed by atoms with Crippen LogP contribution in [0.4, 0.5) is 11.4 Å². The fourth-order valence-electron chi connectivity index (χ4n) is 2.80. The summed E-state index contributed by atoms with van der Waals surface area (Å²) in [4.78, 5) is 26.3. The van der Waals surface area contributed by atoms with Gasteiger partial charge in [-0.15, -0.1) is 6.58 Å². The zero-order valence-electron chi connectivity index (χ0n) is 14.3. The topological polar surface area (TPSA) is 58.6 Å². The molecular weight excluding hydrogens is 316 g/mol. The first-order chi connectivity index (χ1) is 12.0. The van der Waals surface area contributed by atoms with Crippen molar-refractivity contribution in [2.45, 2.75) is 20.0 Å². The second-order valence-corrected chi connectivity index (χ2v) is 6.00. The molecule has 0 fully saturated rings. The second kappa shape index (κ2) is 6.81. The van der Waals surface area contributed by atoms with Gasteiger partial charge < -0.3 is 15.0 Å². The Bertz CT molecular complexity index is 845. The summed E-state index contributed by atoms with van der Waals surface area (Å²) in [5, 5.41) is 2.87. The number of ether oxygens (including phenoxy) is 1. The summed E-state index contributed by atoms with van der Waals surface area (Å²) in [5.41, 5.74) is 2.91. The molecule has 2 aromatic carbocycles. The van der Waals surface area contributed by atoms with Gasteiger partial charge in [-0.2, -0.15) is 0 Å². The fraction of sp³-hybridized carbons (Fsp3) is 0.200. The molecule has 5 nitrogen and oxygen atoms in total. The van der Waals surface area contributed by atoms with E-state index in [1.54, 1.807) is 42.2 Å². The molecule has 0 radical (unpaired) electrons. The van der Waals surface area contributed by atoms with Crippen molar-refractivity contribution in [1.29, 1.82) is 0 Å². The average molecular weight is 336 g/mol. The van der Waals surface area contributed by atoms with Crippen molar-refractivity contribution in [2.75, 3.05) is 16.8 Å². The number of hydrogen-bond donors (Lipinski definition) is 1. The summed E-state index contributed by atoms with van der Waals surface area (Å²) < 4.78 is 5.69. The summed E-state index contributed by atoms with van der Waals surface area (Å²) in [5.74, 6) is 0.270. The van der Waals surface area contributed by atoms with Crippen LogP contribution in [0.2, 0.25) is 0 Å². The predicted molar refractivity (Wildman–Crippen MR) is 98.2 cm³/mol. The monoisotopic (exact) mass is 336 g/mol. The first-order valence-corrected chi connectivity index (χ1v) is 8.10. The number of benzene rings is 2. The maximum absolute atomic E-state index is 12.4. The minimum Gasteiger partial charge on any atom is -0.479 e. The van der Waals surface area contributed by atoms with Crippen molar-refractivity contribution < 1.29 is 14.3 Å². The van der Waals surface area contributed by atoms with Crippen LogP contribution in [0, 0.1) is 6.92 Å². The average Bonchev–Trinajstić information content (AvgIpc) is 2.59. The molecule has 0 aromatic heterocycles. The number of fused-ring (bicyclic) bond motifs is 1. The van der Waals surface area contributed by atoms with Crippen molar-refractivity contribution in [2.24, 2.45) is 0 Å². The van der Waals surface area contributed by atoms with Gasteiger partial charge in [-0.05, 0) is 38.1 Å². The third kappa shape index (κ3) is 3.40. The second-order valence-electron chi connectivity index (χ2n) is 6.00. The maximum atomic E-state index is 12.4. The Morgan fingerprint density at radius 2 is 2.12 bits per heavy atom. The van der Waals surface area contributed by atoms with E-state index in [2.05, 4.69) is 11.9 Å². The van der Waals surface area contributed by atoms with Crippen molar-refractivity contribution in [3.05, 3.63) is 66.2 Å². The molecule has 1 aliphatic rings. The van der Waals surface area contributed by atoms with Gasteiger partial charge in [0.15, 0.2) is 6.10 Å². The smallest absolute Gasteiger partial charge is 0.268 e. The zero-order valence-corrected chi connectivity index (χ0v) is 14.3. The number of nitrogens with one attached hydrogen (secondary N) is 1. The Kier molecular flexibility index (Phi) is 4.57. The first-order valence-electron chi connectivity index (χ1n) is 8.10. The zero-order chi connectivity index (χ0) is 18.0. The third-order valence-electron chi connectivity index (χ3n) is 4.02. The number of aryl methyl sites for hydroxylation is 1. The molecule has 0 bridgehead atoms. The lowest BCUT2D eigenvalue weighted by Crippen LogP contribution is -2.44. The highest BCUT2D eigenvalue weighted by molar-refractivity contribution is 6.05. The Hall–Kier alpha value is -3.08. The Morgan fingerprint density at radius 1 is 1.32 bits per heavy atom.